The van der Waals surface area contributed by atoms with Crippen molar-refractivity contribution in [3.8, 4) is 0 Å². The molecule has 0 amide bonds. The molecule has 1 saturated heterocycles. The Morgan fingerprint density at radius 2 is 2.07 bits per heavy atom. The van der Waals surface area contributed by atoms with Gasteiger partial charge in [0.25, 0.3) is 0 Å². The summed E-state index contributed by atoms with van der Waals surface area (Å²) in [6.07, 6.45) is 3.58. The van der Waals surface area contributed by atoms with Gasteiger partial charge in [-0.3, -0.25) is 0 Å². The van der Waals surface area contributed by atoms with Crippen LogP contribution in [-0.2, 0) is 9.47 Å². The Morgan fingerprint density at radius 1 is 1.29 bits per heavy atom. The average molecular weight is 188 g/mol. The lowest BCUT2D eigenvalue weighted by Crippen LogP contribution is -2.01. The minimum atomic E-state index is -0.275. The first-order valence-corrected chi connectivity index (χ1v) is 4.54. The van der Waals surface area contributed by atoms with Gasteiger partial charge in [0.2, 0.25) is 6.29 Å². The summed E-state index contributed by atoms with van der Waals surface area (Å²) in [5.74, 6) is 0.688. The highest BCUT2D eigenvalue weighted by Crippen LogP contribution is 2.15. The molecule has 0 spiro atoms. The maximum atomic E-state index is 5.28. The van der Waals surface area contributed by atoms with Gasteiger partial charge in [-0.15, -0.1) is 0 Å². The van der Waals surface area contributed by atoms with E-state index in [1.807, 2.05) is 42.5 Å². The molecular formula is C12H12O2. The molecule has 2 rings (SSSR count). The van der Waals surface area contributed by atoms with Gasteiger partial charge in [0.15, 0.2) is 0 Å². The minimum Gasteiger partial charge on any atom is -0.464 e. The molecule has 0 radical (unpaired) electrons. The first kappa shape index (κ1) is 9.03. The summed E-state index contributed by atoms with van der Waals surface area (Å²) < 4.78 is 10.6. The van der Waals surface area contributed by atoms with Crippen LogP contribution in [0.5, 0.6) is 0 Å². The van der Waals surface area contributed by atoms with Gasteiger partial charge in [-0.25, -0.2) is 0 Å². The number of hydrogen-bond acceptors (Lipinski definition) is 2. The normalized spacial score (nSPS) is 21.4. The molecule has 1 heterocycles. The zero-order valence-corrected chi connectivity index (χ0v) is 7.85. The highest BCUT2D eigenvalue weighted by atomic mass is 16.7. The molecule has 1 atom stereocenters. The largest absolute Gasteiger partial charge is 0.464 e. The third-order valence-corrected chi connectivity index (χ3v) is 1.94. The van der Waals surface area contributed by atoms with Crippen LogP contribution in [0.1, 0.15) is 5.56 Å². The van der Waals surface area contributed by atoms with Gasteiger partial charge in [0, 0.05) is 0 Å². The summed E-state index contributed by atoms with van der Waals surface area (Å²) >= 11 is 0. The highest BCUT2D eigenvalue weighted by Gasteiger charge is 2.15. The second-order valence-electron chi connectivity index (χ2n) is 3.11. The lowest BCUT2D eigenvalue weighted by molar-refractivity contribution is 0.00960. The van der Waals surface area contributed by atoms with Crippen LogP contribution >= 0.6 is 0 Å². The van der Waals surface area contributed by atoms with Crippen LogP contribution in [0.3, 0.4) is 0 Å². The molecule has 2 heteroatoms. The van der Waals surface area contributed by atoms with Crippen molar-refractivity contribution >= 4 is 6.08 Å². The smallest absolute Gasteiger partial charge is 0.220 e. The van der Waals surface area contributed by atoms with E-state index in [1.54, 1.807) is 0 Å². The number of benzene rings is 1. The molecule has 0 aliphatic carbocycles. The fourth-order valence-corrected chi connectivity index (χ4v) is 1.26. The zero-order chi connectivity index (χ0) is 9.80. The minimum absolute atomic E-state index is 0.275. The van der Waals surface area contributed by atoms with Crippen molar-refractivity contribution in [2.24, 2.45) is 0 Å². The van der Waals surface area contributed by atoms with Gasteiger partial charge >= 0.3 is 0 Å². The van der Waals surface area contributed by atoms with E-state index in [-0.39, 0.29) is 6.29 Å². The predicted molar refractivity (Wildman–Crippen MR) is 55.4 cm³/mol. The SMILES string of the molecule is C=C1COC(/C=C/c2ccccc2)O1. The second-order valence-corrected chi connectivity index (χ2v) is 3.11. The molecule has 0 N–H and O–H groups in total. The van der Waals surface area contributed by atoms with Crippen molar-refractivity contribution in [1.82, 2.24) is 0 Å². The van der Waals surface area contributed by atoms with Crippen LogP contribution in [0.25, 0.3) is 6.08 Å². The van der Waals surface area contributed by atoms with Gasteiger partial charge in [-0.2, -0.15) is 0 Å². The van der Waals surface area contributed by atoms with Crippen molar-refractivity contribution in [3.63, 3.8) is 0 Å². The molecule has 1 fully saturated rings. The molecule has 2 nitrogen and oxygen atoms in total. The second kappa shape index (κ2) is 4.11. The Labute approximate surface area is 83.5 Å². The fourth-order valence-electron chi connectivity index (χ4n) is 1.26. The molecule has 1 unspecified atom stereocenters. The van der Waals surface area contributed by atoms with E-state index < -0.39 is 0 Å². The van der Waals surface area contributed by atoms with Crippen LogP contribution in [-0.4, -0.2) is 12.9 Å². The summed E-state index contributed by atoms with van der Waals surface area (Å²) in [5.41, 5.74) is 1.14. The molecule has 0 aromatic heterocycles. The van der Waals surface area contributed by atoms with Gasteiger partial charge in [0.1, 0.15) is 12.4 Å². The maximum Gasteiger partial charge on any atom is 0.220 e. The van der Waals surface area contributed by atoms with Crippen molar-refractivity contribution in [2.45, 2.75) is 6.29 Å². The van der Waals surface area contributed by atoms with E-state index in [2.05, 4.69) is 6.58 Å². The molecule has 0 bridgehead atoms. The average Bonchev–Trinajstić information content (AvgIpc) is 2.63. The van der Waals surface area contributed by atoms with Crippen LogP contribution < -0.4 is 0 Å². The standard InChI is InChI=1S/C12H12O2/c1-10-9-13-12(14-10)8-7-11-5-3-2-4-6-11/h2-8,12H,1,9H2/b8-7+. The van der Waals surface area contributed by atoms with Gasteiger partial charge < -0.3 is 9.47 Å². The molecular weight excluding hydrogens is 176 g/mol. The fraction of sp³-hybridized carbons (Fsp3) is 0.167. The monoisotopic (exact) mass is 188 g/mol. The Balaban J connectivity index is 1.97. The van der Waals surface area contributed by atoms with E-state index in [9.17, 15) is 0 Å². The number of rotatable bonds is 2. The van der Waals surface area contributed by atoms with Crippen molar-refractivity contribution in [3.05, 3.63) is 54.3 Å². The molecule has 0 saturated carbocycles. The molecule has 1 aromatic carbocycles. The summed E-state index contributed by atoms with van der Waals surface area (Å²) in [6.45, 7) is 4.17. The van der Waals surface area contributed by atoms with Crippen molar-refractivity contribution in [2.75, 3.05) is 6.61 Å². The van der Waals surface area contributed by atoms with E-state index in [0.29, 0.717) is 12.4 Å². The Kier molecular flexibility index (Phi) is 2.65. The maximum absolute atomic E-state index is 5.28. The van der Waals surface area contributed by atoms with Gasteiger partial charge in [-0.05, 0) is 11.6 Å². The molecule has 1 aliphatic rings. The highest BCUT2D eigenvalue weighted by molar-refractivity contribution is 5.49. The zero-order valence-electron chi connectivity index (χ0n) is 7.85. The van der Waals surface area contributed by atoms with Crippen molar-refractivity contribution in [1.29, 1.82) is 0 Å². The van der Waals surface area contributed by atoms with E-state index >= 15 is 0 Å². The first-order chi connectivity index (χ1) is 6.84. The van der Waals surface area contributed by atoms with Crippen LogP contribution in [0, 0.1) is 0 Å². The lowest BCUT2D eigenvalue weighted by Gasteiger charge is -2.02. The van der Waals surface area contributed by atoms with E-state index in [0.717, 1.165) is 5.56 Å². The number of hydrogen-bond donors (Lipinski definition) is 0. The summed E-state index contributed by atoms with van der Waals surface area (Å²) in [6, 6.07) is 10.0. The van der Waals surface area contributed by atoms with Crippen molar-refractivity contribution < 1.29 is 9.47 Å². The Bertz CT molecular complexity index is 341. The van der Waals surface area contributed by atoms with Gasteiger partial charge in [0.05, 0.1) is 0 Å². The topological polar surface area (TPSA) is 18.5 Å². The van der Waals surface area contributed by atoms with E-state index in [1.165, 1.54) is 0 Å². The summed E-state index contributed by atoms with van der Waals surface area (Å²) in [5, 5.41) is 0. The first-order valence-electron chi connectivity index (χ1n) is 4.54. The Hall–Kier alpha value is -1.54. The third-order valence-electron chi connectivity index (χ3n) is 1.94. The molecule has 72 valence electrons. The summed E-state index contributed by atoms with van der Waals surface area (Å²) in [7, 11) is 0. The quantitative estimate of drug-likeness (QED) is 0.710. The van der Waals surface area contributed by atoms with Crippen LogP contribution in [0.2, 0.25) is 0 Å². The Morgan fingerprint density at radius 3 is 2.71 bits per heavy atom. The van der Waals surface area contributed by atoms with Crippen LogP contribution in [0.15, 0.2) is 48.7 Å². The lowest BCUT2D eigenvalue weighted by atomic mass is 10.2. The van der Waals surface area contributed by atoms with Crippen LogP contribution in [0.4, 0.5) is 0 Å². The van der Waals surface area contributed by atoms with E-state index in [4.69, 9.17) is 9.47 Å². The molecule has 1 aromatic rings. The third kappa shape index (κ3) is 2.24. The molecule has 14 heavy (non-hydrogen) atoms. The predicted octanol–water partition coefficient (Wildman–Crippen LogP) is 2.59. The molecule has 1 aliphatic heterocycles. The number of ether oxygens (including phenoxy) is 2. The van der Waals surface area contributed by atoms with Gasteiger partial charge in [-0.1, -0.05) is 43.0 Å². The summed E-state index contributed by atoms with van der Waals surface area (Å²) in [4.78, 5) is 0.